The third-order valence-electron chi connectivity index (χ3n) is 6.42. The lowest BCUT2D eigenvalue weighted by molar-refractivity contribution is 0.170. The summed E-state index contributed by atoms with van der Waals surface area (Å²) in [6, 6.07) is 8.72. The van der Waals surface area contributed by atoms with Crippen LogP contribution in [0, 0.1) is 0 Å². The summed E-state index contributed by atoms with van der Waals surface area (Å²) in [5, 5.41) is 3.61. The van der Waals surface area contributed by atoms with E-state index in [0.717, 1.165) is 62.4 Å². The SMILES string of the molecule is c1cc(N2CCCCCC2)nc(NC2CCCN(Cc3ccc4c(c3)OCCO4)C2)n1. The minimum atomic E-state index is 0.366. The maximum atomic E-state index is 5.75. The van der Waals surface area contributed by atoms with E-state index >= 15 is 0 Å². The maximum absolute atomic E-state index is 5.75. The van der Waals surface area contributed by atoms with Gasteiger partial charge in [0.1, 0.15) is 19.0 Å². The highest BCUT2D eigenvalue weighted by Crippen LogP contribution is 2.31. The summed E-state index contributed by atoms with van der Waals surface area (Å²) >= 11 is 0. The molecule has 0 spiro atoms. The molecule has 7 nitrogen and oxygen atoms in total. The monoisotopic (exact) mass is 423 g/mol. The fraction of sp³-hybridized carbons (Fsp3) is 0.583. The quantitative estimate of drug-likeness (QED) is 0.787. The summed E-state index contributed by atoms with van der Waals surface area (Å²) in [5.74, 6) is 3.54. The van der Waals surface area contributed by atoms with Gasteiger partial charge in [0.25, 0.3) is 0 Å². The van der Waals surface area contributed by atoms with Crippen molar-refractivity contribution in [2.45, 2.75) is 51.1 Å². The lowest BCUT2D eigenvalue weighted by Crippen LogP contribution is -2.42. The van der Waals surface area contributed by atoms with E-state index in [-0.39, 0.29) is 0 Å². The van der Waals surface area contributed by atoms with E-state index in [0.29, 0.717) is 19.3 Å². The standard InChI is InChI=1S/C24H33N5O2/c1-2-4-13-29(12-3-1)23-9-10-25-24(27-23)26-20-6-5-11-28(18-20)17-19-7-8-21-22(16-19)31-15-14-30-21/h7-10,16,20H,1-6,11-15,17-18H2,(H,25,26,27). The van der Waals surface area contributed by atoms with Crippen molar-refractivity contribution in [1.29, 1.82) is 0 Å². The highest BCUT2D eigenvalue weighted by atomic mass is 16.6. The number of ether oxygens (including phenoxy) is 2. The average molecular weight is 424 g/mol. The van der Waals surface area contributed by atoms with Crippen molar-refractivity contribution in [3.63, 3.8) is 0 Å². The second-order valence-electron chi connectivity index (χ2n) is 8.84. The molecule has 2 aromatic rings. The van der Waals surface area contributed by atoms with Crippen LogP contribution in [0.2, 0.25) is 0 Å². The van der Waals surface area contributed by atoms with E-state index in [2.05, 4.69) is 32.2 Å². The molecule has 0 amide bonds. The zero-order valence-corrected chi connectivity index (χ0v) is 18.3. The number of aromatic nitrogens is 2. The van der Waals surface area contributed by atoms with E-state index in [4.69, 9.17) is 14.5 Å². The predicted molar refractivity (Wildman–Crippen MR) is 122 cm³/mol. The van der Waals surface area contributed by atoms with Gasteiger partial charge in [-0.15, -0.1) is 0 Å². The molecule has 7 heteroatoms. The summed E-state index contributed by atoms with van der Waals surface area (Å²) < 4.78 is 11.4. The van der Waals surface area contributed by atoms with Gasteiger partial charge in [-0.3, -0.25) is 4.90 Å². The molecule has 3 aliphatic heterocycles. The fourth-order valence-corrected chi connectivity index (χ4v) is 4.84. The Kier molecular flexibility index (Phi) is 6.39. The first-order valence-corrected chi connectivity index (χ1v) is 11.8. The zero-order valence-electron chi connectivity index (χ0n) is 18.3. The first-order valence-electron chi connectivity index (χ1n) is 11.8. The Morgan fingerprint density at radius 2 is 1.77 bits per heavy atom. The van der Waals surface area contributed by atoms with Gasteiger partial charge < -0.3 is 19.7 Å². The summed E-state index contributed by atoms with van der Waals surface area (Å²) in [4.78, 5) is 14.3. The largest absolute Gasteiger partial charge is 0.486 e. The van der Waals surface area contributed by atoms with Gasteiger partial charge in [0, 0.05) is 38.4 Å². The van der Waals surface area contributed by atoms with Crippen molar-refractivity contribution in [2.75, 3.05) is 49.6 Å². The van der Waals surface area contributed by atoms with E-state index in [9.17, 15) is 0 Å². The third-order valence-corrected chi connectivity index (χ3v) is 6.42. The molecule has 1 N–H and O–H groups in total. The van der Waals surface area contributed by atoms with Gasteiger partial charge in [0.2, 0.25) is 5.95 Å². The Morgan fingerprint density at radius 3 is 2.65 bits per heavy atom. The predicted octanol–water partition coefficient (Wildman–Crippen LogP) is 3.70. The van der Waals surface area contributed by atoms with Crippen molar-refractivity contribution in [3.05, 3.63) is 36.0 Å². The number of piperidine rings is 1. The van der Waals surface area contributed by atoms with Crippen LogP contribution in [0.4, 0.5) is 11.8 Å². The average Bonchev–Trinajstić information content (AvgIpc) is 3.09. The smallest absolute Gasteiger partial charge is 0.224 e. The van der Waals surface area contributed by atoms with Crippen LogP contribution in [0.3, 0.4) is 0 Å². The van der Waals surface area contributed by atoms with Crippen LogP contribution >= 0.6 is 0 Å². The summed E-state index contributed by atoms with van der Waals surface area (Å²) in [6.07, 6.45) is 9.38. The molecule has 1 atom stereocenters. The number of benzene rings is 1. The van der Waals surface area contributed by atoms with E-state index in [1.165, 1.54) is 37.7 Å². The summed E-state index contributed by atoms with van der Waals surface area (Å²) in [7, 11) is 0. The number of fused-ring (bicyclic) bond motifs is 1. The molecule has 1 aromatic carbocycles. The molecule has 31 heavy (non-hydrogen) atoms. The molecule has 5 rings (SSSR count). The summed E-state index contributed by atoms with van der Waals surface area (Å²) in [5.41, 5.74) is 1.27. The van der Waals surface area contributed by atoms with Gasteiger partial charge in [-0.05, 0) is 56.0 Å². The molecule has 0 radical (unpaired) electrons. The Balaban J connectivity index is 1.19. The molecule has 166 valence electrons. The van der Waals surface area contributed by atoms with Crippen molar-refractivity contribution >= 4 is 11.8 Å². The van der Waals surface area contributed by atoms with Gasteiger partial charge in [-0.2, -0.15) is 4.98 Å². The minimum absolute atomic E-state index is 0.366. The van der Waals surface area contributed by atoms with Crippen LogP contribution in [0.15, 0.2) is 30.5 Å². The van der Waals surface area contributed by atoms with Crippen molar-refractivity contribution < 1.29 is 9.47 Å². The molecule has 0 saturated carbocycles. The number of hydrogen-bond acceptors (Lipinski definition) is 7. The molecule has 2 saturated heterocycles. The second-order valence-corrected chi connectivity index (χ2v) is 8.84. The van der Waals surface area contributed by atoms with Gasteiger partial charge in [-0.25, -0.2) is 4.98 Å². The van der Waals surface area contributed by atoms with Gasteiger partial charge >= 0.3 is 0 Å². The third kappa shape index (κ3) is 5.21. The Bertz CT molecular complexity index is 869. The molecule has 2 fully saturated rings. The van der Waals surface area contributed by atoms with Crippen LogP contribution in [0.25, 0.3) is 0 Å². The number of nitrogens with zero attached hydrogens (tertiary/aromatic N) is 4. The lowest BCUT2D eigenvalue weighted by Gasteiger charge is -2.33. The number of nitrogens with one attached hydrogen (secondary N) is 1. The molecule has 0 aliphatic carbocycles. The van der Waals surface area contributed by atoms with Crippen LogP contribution in [-0.2, 0) is 6.54 Å². The molecule has 1 aromatic heterocycles. The minimum Gasteiger partial charge on any atom is -0.486 e. The molecule has 1 unspecified atom stereocenters. The van der Waals surface area contributed by atoms with Crippen molar-refractivity contribution in [2.24, 2.45) is 0 Å². The highest BCUT2D eigenvalue weighted by molar-refractivity contribution is 5.44. The number of likely N-dealkylation sites (tertiary alicyclic amines) is 1. The normalized spacial score (nSPS) is 22.1. The van der Waals surface area contributed by atoms with Crippen LogP contribution in [-0.4, -0.2) is 60.3 Å². The molecule has 3 aliphatic rings. The van der Waals surface area contributed by atoms with Crippen LogP contribution in [0.5, 0.6) is 11.5 Å². The van der Waals surface area contributed by atoms with Gasteiger partial charge in [0.15, 0.2) is 11.5 Å². The molecular weight excluding hydrogens is 390 g/mol. The van der Waals surface area contributed by atoms with Crippen LogP contribution in [0.1, 0.15) is 44.1 Å². The fourth-order valence-electron chi connectivity index (χ4n) is 4.84. The molecule has 0 bridgehead atoms. The number of anilines is 2. The van der Waals surface area contributed by atoms with Crippen molar-refractivity contribution in [1.82, 2.24) is 14.9 Å². The first kappa shape index (κ1) is 20.4. The van der Waals surface area contributed by atoms with Crippen molar-refractivity contribution in [3.8, 4) is 11.5 Å². The molecule has 4 heterocycles. The lowest BCUT2D eigenvalue weighted by atomic mass is 10.0. The van der Waals surface area contributed by atoms with E-state index < -0.39 is 0 Å². The maximum Gasteiger partial charge on any atom is 0.224 e. The summed E-state index contributed by atoms with van der Waals surface area (Å²) in [6.45, 7) is 6.48. The van der Waals surface area contributed by atoms with E-state index in [1.807, 2.05) is 18.3 Å². The van der Waals surface area contributed by atoms with Gasteiger partial charge in [-0.1, -0.05) is 18.9 Å². The zero-order chi connectivity index (χ0) is 20.9. The topological polar surface area (TPSA) is 62.8 Å². The molecular formula is C24H33N5O2. The van der Waals surface area contributed by atoms with E-state index in [1.54, 1.807) is 0 Å². The Morgan fingerprint density at radius 1 is 0.935 bits per heavy atom. The number of hydrogen-bond donors (Lipinski definition) is 1. The first-order chi connectivity index (χ1) is 15.3. The Hall–Kier alpha value is -2.54. The van der Waals surface area contributed by atoms with Gasteiger partial charge in [0.05, 0.1) is 0 Å². The second kappa shape index (κ2) is 9.73. The Labute approximate surface area is 184 Å². The van der Waals surface area contributed by atoms with Crippen LogP contribution < -0.4 is 19.7 Å². The highest BCUT2D eigenvalue weighted by Gasteiger charge is 2.22. The number of rotatable bonds is 5.